The molecule has 1 atom stereocenters. The minimum absolute atomic E-state index is 0.00514. The Bertz CT molecular complexity index is 795. The van der Waals surface area contributed by atoms with Gasteiger partial charge in [-0.15, -0.1) is 0 Å². The van der Waals surface area contributed by atoms with Crippen molar-refractivity contribution in [3.05, 3.63) is 59.2 Å². The topological polar surface area (TPSA) is 38.1 Å². The van der Waals surface area contributed by atoms with Gasteiger partial charge in [-0.3, -0.25) is 0 Å². The van der Waals surface area contributed by atoms with Gasteiger partial charge in [-0.2, -0.15) is 0 Å². The number of nitrogens with zero attached hydrogens (tertiary/aromatic N) is 1. The Morgan fingerprint density at radius 2 is 1.95 bits per heavy atom. The average Bonchev–Trinajstić information content (AvgIpc) is 2.81. The molecule has 1 heterocycles. The van der Waals surface area contributed by atoms with E-state index in [1.165, 1.54) is 0 Å². The minimum Gasteiger partial charge on any atom is -0.441 e. The van der Waals surface area contributed by atoms with Gasteiger partial charge in [0.2, 0.25) is 0 Å². The molecular formula is C17H17FN2O. The lowest BCUT2D eigenvalue weighted by Gasteiger charge is -2.16. The zero-order valence-electron chi connectivity index (χ0n) is 12.3. The van der Waals surface area contributed by atoms with Crippen LogP contribution < -0.4 is 5.32 Å². The van der Waals surface area contributed by atoms with Gasteiger partial charge < -0.3 is 9.73 Å². The first-order valence-corrected chi connectivity index (χ1v) is 6.93. The fourth-order valence-electron chi connectivity index (χ4n) is 2.34. The van der Waals surface area contributed by atoms with Gasteiger partial charge in [0.1, 0.15) is 11.3 Å². The number of rotatable bonds is 3. The van der Waals surface area contributed by atoms with Crippen LogP contribution in [0.15, 0.2) is 40.8 Å². The van der Waals surface area contributed by atoms with E-state index in [9.17, 15) is 4.39 Å². The fraction of sp³-hybridized carbons (Fsp3) is 0.235. The number of hydrogen-bond donors (Lipinski definition) is 1. The fourth-order valence-corrected chi connectivity index (χ4v) is 2.34. The molecule has 3 rings (SSSR count). The van der Waals surface area contributed by atoms with Gasteiger partial charge in [0.15, 0.2) is 11.5 Å². The molecule has 108 valence electrons. The highest BCUT2D eigenvalue weighted by molar-refractivity contribution is 5.77. The molecule has 0 aliphatic heterocycles. The molecule has 21 heavy (non-hydrogen) atoms. The highest BCUT2D eigenvalue weighted by atomic mass is 19.1. The van der Waals surface area contributed by atoms with Crippen LogP contribution in [0.2, 0.25) is 0 Å². The first-order valence-electron chi connectivity index (χ1n) is 6.93. The molecule has 0 bridgehead atoms. The van der Waals surface area contributed by atoms with Crippen LogP contribution in [0.3, 0.4) is 0 Å². The number of anilines is 1. The highest BCUT2D eigenvalue weighted by Gasteiger charge is 2.09. The smallest absolute Gasteiger partial charge is 0.192 e. The van der Waals surface area contributed by atoms with Crippen LogP contribution in [-0.2, 0) is 0 Å². The molecule has 0 aliphatic carbocycles. The van der Waals surface area contributed by atoms with Crippen molar-refractivity contribution in [2.24, 2.45) is 0 Å². The van der Waals surface area contributed by atoms with Crippen molar-refractivity contribution in [3.63, 3.8) is 0 Å². The normalized spacial score (nSPS) is 12.6. The lowest BCUT2D eigenvalue weighted by Crippen LogP contribution is -2.07. The first-order chi connectivity index (χ1) is 10.0. The minimum atomic E-state index is -0.177. The lowest BCUT2D eigenvalue weighted by atomic mass is 10.1. The predicted octanol–water partition coefficient (Wildman–Crippen LogP) is 4.76. The molecule has 0 radical (unpaired) electrons. The molecule has 4 heteroatoms. The molecule has 0 saturated heterocycles. The number of hydrogen-bond acceptors (Lipinski definition) is 3. The molecule has 0 amide bonds. The molecule has 3 aromatic rings. The average molecular weight is 284 g/mol. The predicted molar refractivity (Wildman–Crippen MR) is 81.9 cm³/mol. The standard InChI is InChI=1S/C17H17FN2O/c1-10-4-5-13(8-15(10)18)11(2)19-14-6-7-17-16(9-14)20-12(3)21-17/h4-9,11,19H,1-3H3. The second-order valence-corrected chi connectivity index (χ2v) is 5.29. The molecular weight excluding hydrogens is 267 g/mol. The largest absolute Gasteiger partial charge is 0.441 e. The maximum Gasteiger partial charge on any atom is 0.192 e. The van der Waals surface area contributed by atoms with Crippen molar-refractivity contribution >= 4 is 16.8 Å². The Labute approximate surface area is 122 Å². The van der Waals surface area contributed by atoms with Crippen LogP contribution in [0.25, 0.3) is 11.1 Å². The summed E-state index contributed by atoms with van der Waals surface area (Å²) < 4.78 is 19.1. The SMILES string of the molecule is Cc1nc2cc(NC(C)c3ccc(C)c(F)c3)ccc2o1. The van der Waals surface area contributed by atoms with E-state index >= 15 is 0 Å². The van der Waals surface area contributed by atoms with Crippen LogP contribution in [0.4, 0.5) is 10.1 Å². The molecule has 1 unspecified atom stereocenters. The maximum atomic E-state index is 13.6. The van der Waals surface area contributed by atoms with Gasteiger partial charge in [-0.1, -0.05) is 12.1 Å². The zero-order valence-corrected chi connectivity index (χ0v) is 12.3. The Hall–Kier alpha value is -2.36. The first kappa shape index (κ1) is 13.6. The van der Waals surface area contributed by atoms with E-state index in [2.05, 4.69) is 10.3 Å². The maximum absolute atomic E-state index is 13.6. The third-order valence-electron chi connectivity index (χ3n) is 3.57. The summed E-state index contributed by atoms with van der Waals surface area (Å²) in [6, 6.07) is 11.1. The number of benzene rings is 2. The summed E-state index contributed by atoms with van der Waals surface area (Å²) in [5.74, 6) is 0.472. The van der Waals surface area contributed by atoms with Crippen molar-refractivity contribution in [2.75, 3.05) is 5.32 Å². The number of aryl methyl sites for hydroxylation is 2. The zero-order chi connectivity index (χ0) is 15.0. The molecule has 0 aliphatic rings. The van der Waals surface area contributed by atoms with Gasteiger partial charge in [0.25, 0.3) is 0 Å². The van der Waals surface area contributed by atoms with Gasteiger partial charge >= 0.3 is 0 Å². The molecule has 0 fully saturated rings. The number of aromatic nitrogens is 1. The molecule has 1 aromatic heterocycles. The van der Waals surface area contributed by atoms with Gasteiger partial charge in [0.05, 0.1) is 0 Å². The van der Waals surface area contributed by atoms with E-state index in [1.54, 1.807) is 19.1 Å². The Morgan fingerprint density at radius 1 is 1.14 bits per heavy atom. The molecule has 1 N–H and O–H groups in total. The second kappa shape index (κ2) is 5.20. The van der Waals surface area contributed by atoms with Crippen LogP contribution in [-0.4, -0.2) is 4.98 Å². The number of fused-ring (bicyclic) bond motifs is 1. The van der Waals surface area contributed by atoms with Crippen LogP contribution in [0, 0.1) is 19.7 Å². The summed E-state index contributed by atoms with van der Waals surface area (Å²) in [4.78, 5) is 4.31. The van der Waals surface area contributed by atoms with E-state index in [0.717, 1.165) is 22.4 Å². The summed E-state index contributed by atoms with van der Waals surface area (Å²) in [6.07, 6.45) is 0. The third kappa shape index (κ3) is 2.75. The van der Waals surface area contributed by atoms with Crippen molar-refractivity contribution in [2.45, 2.75) is 26.8 Å². The number of halogens is 1. The summed E-state index contributed by atoms with van der Waals surface area (Å²) in [7, 11) is 0. The summed E-state index contributed by atoms with van der Waals surface area (Å²) in [6.45, 7) is 5.59. The van der Waals surface area contributed by atoms with Crippen LogP contribution in [0.5, 0.6) is 0 Å². The molecule has 0 spiro atoms. The van der Waals surface area contributed by atoms with Crippen LogP contribution in [0.1, 0.15) is 30.0 Å². The highest BCUT2D eigenvalue weighted by Crippen LogP contribution is 2.24. The van der Waals surface area contributed by atoms with Crippen molar-refractivity contribution in [1.29, 1.82) is 0 Å². The van der Waals surface area contributed by atoms with E-state index in [1.807, 2.05) is 38.1 Å². The number of nitrogens with one attached hydrogen (secondary N) is 1. The Kier molecular flexibility index (Phi) is 3.37. The summed E-state index contributed by atoms with van der Waals surface area (Å²) in [5, 5.41) is 3.36. The van der Waals surface area contributed by atoms with Gasteiger partial charge in [0, 0.05) is 18.7 Å². The molecule has 2 aromatic carbocycles. The van der Waals surface area contributed by atoms with Crippen molar-refractivity contribution in [3.8, 4) is 0 Å². The quantitative estimate of drug-likeness (QED) is 0.753. The van der Waals surface area contributed by atoms with Gasteiger partial charge in [-0.05, 0) is 49.2 Å². The summed E-state index contributed by atoms with van der Waals surface area (Å²) >= 11 is 0. The lowest BCUT2D eigenvalue weighted by molar-refractivity contribution is 0.561. The number of oxazole rings is 1. The second-order valence-electron chi connectivity index (χ2n) is 5.29. The van der Waals surface area contributed by atoms with Gasteiger partial charge in [-0.25, -0.2) is 9.37 Å². The third-order valence-corrected chi connectivity index (χ3v) is 3.57. The summed E-state index contributed by atoms with van der Waals surface area (Å²) in [5.41, 5.74) is 4.09. The Morgan fingerprint density at radius 3 is 2.71 bits per heavy atom. The van der Waals surface area contributed by atoms with Crippen molar-refractivity contribution in [1.82, 2.24) is 4.98 Å². The monoisotopic (exact) mass is 284 g/mol. The Balaban J connectivity index is 1.84. The van der Waals surface area contributed by atoms with E-state index < -0.39 is 0 Å². The van der Waals surface area contributed by atoms with Crippen LogP contribution >= 0.6 is 0 Å². The molecule has 0 saturated carbocycles. The van der Waals surface area contributed by atoms with E-state index in [-0.39, 0.29) is 11.9 Å². The molecule has 3 nitrogen and oxygen atoms in total. The van der Waals surface area contributed by atoms with E-state index in [0.29, 0.717) is 11.5 Å². The van der Waals surface area contributed by atoms with Crippen molar-refractivity contribution < 1.29 is 8.81 Å². The van der Waals surface area contributed by atoms with E-state index in [4.69, 9.17) is 4.42 Å².